The number of hydrogen-bond donors (Lipinski definition) is 1. The molecule has 1 heterocycles. The molecule has 19 heavy (non-hydrogen) atoms. The second kappa shape index (κ2) is 6.23. The Bertz CT molecular complexity index is 305. The van der Waals surface area contributed by atoms with Crippen molar-refractivity contribution < 1.29 is 9.90 Å². The minimum atomic E-state index is -0.637. The van der Waals surface area contributed by atoms with Crippen molar-refractivity contribution >= 4 is 5.97 Å². The van der Waals surface area contributed by atoms with Gasteiger partial charge in [0.2, 0.25) is 0 Å². The molecule has 0 bridgehead atoms. The van der Waals surface area contributed by atoms with Crippen molar-refractivity contribution in [2.75, 3.05) is 27.2 Å². The maximum atomic E-state index is 11.3. The van der Waals surface area contributed by atoms with Gasteiger partial charge in [0.05, 0.1) is 6.42 Å². The third kappa shape index (κ3) is 3.48. The van der Waals surface area contributed by atoms with Crippen molar-refractivity contribution in [2.24, 2.45) is 0 Å². The van der Waals surface area contributed by atoms with E-state index in [1.807, 2.05) is 0 Å². The molecule has 2 fully saturated rings. The SMILES string of the molecule is CN1CCC(N(C)C2(CC(=O)O)CCCCC2)CC1. The Labute approximate surface area is 116 Å². The molecule has 1 saturated heterocycles. The van der Waals surface area contributed by atoms with Gasteiger partial charge in [0.25, 0.3) is 0 Å². The molecule has 0 unspecified atom stereocenters. The molecule has 1 saturated carbocycles. The summed E-state index contributed by atoms with van der Waals surface area (Å²) in [5, 5.41) is 9.29. The number of aliphatic carboxylic acids is 1. The molecule has 4 nitrogen and oxygen atoms in total. The second-order valence-corrected chi connectivity index (χ2v) is 6.50. The van der Waals surface area contributed by atoms with Crippen LogP contribution < -0.4 is 0 Å². The summed E-state index contributed by atoms with van der Waals surface area (Å²) >= 11 is 0. The van der Waals surface area contributed by atoms with Gasteiger partial charge in [-0.25, -0.2) is 0 Å². The smallest absolute Gasteiger partial charge is 0.305 e. The monoisotopic (exact) mass is 268 g/mol. The number of likely N-dealkylation sites (tertiary alicyclic amines) is 1. The zero-order valence-electron chi connectivity index (χ0n) is 12.4. The topological polar surface area (TPSA) is 43.8 Å². The molecular formula is C15H28N2O2. The van der Waals surface area contributed by atoms with E-state index in [9.17, 15) is 9.90 Å². The van der Waals surface area contributed by atoms with Crippen LogP contribution in [0.1, 0.15) is 51.4 Å². The summed E-state index contributed by atoms with van der Waals surface area (Å²) < 4.78 is 0. The Morgan fingerprint density at radius 2 is 1.84 bits per heavy atom. The molecule has 0 aromatic rings. The summed E-state index contributed by atoms with van der Waals surface area (Å²) in [6.07, 6.45) is 8.42. The van der Waals surface area contributed by atoms with Gasteiger partial charge < -0.3 is 10.0 Å². The van der Waals surface area contributed by atoms with Gasteiger partial charge >= 0.3 is 5.97 Å². The van der Waals surface area contributed by atoms with Crippen molar-refractivity contribution in [3.63, 3.8) is 0 Å². The van der Waals surface area contributed by atoms with E-state index < -0.39 is 5.97 Å². The highest BCUT2D eigenvalue weighted by atomic mass is 16.4. The van der Waals surface area contributed by atoms with Crippen LogP contribution in [0.3, 0.4) is 0 Å². The van der Waals surface area contributed by atoms with E-state index in [4.69, 9.17) is 0 Å². The maximum absolute atomic E-state index is 11.3. The van der Waals surface area contributed by atoms with E-state index in [1.54, 1.807) is 0 Å². The number of rotatable bonds is 4. The zero-order chi connectivity index (χ0) is 13.9. The first-order chi connectivity index (χ1) is 9.03. The summed E-state index contributed by atoms with van der Waals surface area (Å²) in [6, 6.07) is 0.564. The number of hydrogen-bond acceptors (Lipinski definition) is 3. The molecule has 0 amide bonds. The van der Waals surface area contributed by atoms with Crippen LogP contribution in [-0.4, -0.2) is 59.6 Å². The Morgan fingerprint density at radius 1 is 1.26 bits per heavy atom. The number of piperidine rings is 1. The standard InChI is InChI=1S/C15H28N2O2/c1-16-10-6-13(7-11-16)17(2)15(12-14(18)19)8-4-3-5-9-15/h13H,3-12H2,1-2H3,(H,18,19). The minimum Gasteiger partial charge on any atom is -0.481 e. The lowest BCUT2D eigenvalue weighted by Gasteiger charge is -2.49. The van der Waals surface area contributed by atoms with Gasteiger partial charge in [0.1, 0.15) is 0 Å². The van der Waals surface area contributed by atoms with Gasteiger partial charge in [-0.15, -0.1) is 0 Å². The third-order valence-corrected chi connectivity index (χ3v) is 5.25. The molecule has 4 heteroatoms. The molecule has 0 aromatic carbocycles. The Kier molecular flexibility index (Phi) is 4.85. The fourth-order valence-corrected chi connectivity index (χ4v) is 3.92. The molecule has 1 aliphatic carbocycles. The largest absolute Gasteiger partial charge is 0.481 e. The number of carboxylic acid groups (broad SMARTS) is 1. The Balaban J connectivity index is 2.06. The zero-order valence-corrected chi connectivity index (χ0v) is 12.4. The second-order valence-electron chi connectivity index (χ2n) is 6.50. The first-order valence-corrected chi connectivity index (χ1v) is 7.67. The van der Waals surface area contributed by atoms with Gasteiger partial charge in [-0.05, 0) is 52.9 Å². The quantitative estimate of drug-likeness (QED) is 0.849. The summed E-state index contributed by atoms with van der Waals surface area (Å²) in [6.45, 7) is 2.27. The van der Waals surface area contributed by atoms with Crippen LogP contribution in [0.2, 0.25) is 0 Å². The fourth-order valence-electron chi connectivity index (χ4n) is 3.92. The van der Waals surface area contributed by atoms with E-state index in [0.717, 1.165) is 25.9 Å². The van der Waals surface area contributed by atoms with Gasteiger partial charge in [-0.1, -0.05) is 19.3 Å². The molecule has 0 atom stereocenters. The average molecular weight is 268 g/mol. The number of carbonyl (C=O) groups is 1. The summed E-state index contributed by atoms with van der Waals surface area (Å²) in [4.78, 5) is 16.1. The van der Waals surface area contributed by atoms with Crippen molar-refractivity contribution in [2.45, 2.75) is 62.9 Å². The minimum absolute atomic E-state index is 0.0787. The number of carboxylic acids is 1. The predicted octanol–water partition coefficient (Wildman–Crippen LogP) is 2.19. The first-order valence-electron chi connectivity index (χ1n) is 7.67. The van der Waals surface area contributed by atoms with E-state index in [-0.39, 0.29) is 5.54 Å². The van der Waals surface area contributed by atoms with Gasteiger partial charge in [0.15, 0.2) is 0 Å². The van der Waals surface area contributed by atoms with E-state index in [0.29, 0.717) is 12.5 Å². The van der Waals surface area contributed by atoms with E-state index in [2.05, 4.69) is 23.9 Å². The van der Waals surface area contributed by atoms with Crippen LogP contribution in [0.4, 0.5) is 0 Å². The fraction of sp³-hybridized carbons (Fsp3) is 0.933. The van der Waals surface area contributed by atoms with Crippen LogP contribution in [0.5, 0.6) is 0 Å². The Morgan fingerprint density at radius 3 is 2.37 bits per heavy atom. The molecule has 110 valence electrons. The third-order valence-electron chi connectivity index (χ3n) is 5.25. The molecule has 0 aromatic heterocycles. The van der Waals surface area contributed by atoms with Crippen molar-refractivity contribution in [1.29, 1.82) is 0 Å². The summed E-state index contributed by atoms with van der Waals surface area (Å²) in [5.41, 5.74) is -0.0787. The summed E-state index contributed by atoms with van der Waals surface area (Å²) in [7, 11) is 4.34. The first kappa shape index (κ1) is 14.8. The van der Waals surface area contributed by atoms with Gasteiger partial charge in [-0.2, -0.15) is 0 Å². The van der Waals surface area contributed by atoms with Crippen molar-refractivity contribution in [1.82, 2.24) is 9.80 Å². The lowest BCUT2D eigenvalue weighted by molar-refractivity contribution is -0.142. The molecule has 1 N–H and O–H groups in total. The van der Waals surface area contributed by atoms with Crippen LogP contribution in [0, 0.1) is 0 Å². The molecule has 1 aliphatic heterocycles. The van der Waals surface area contributed by atoms with Gasteiger partial charge in [-0.3, -0.25) is 9.69 Å². The highest BCUT2D eigenvalue weighted by molar-refractivity contribution is 5.68. The normalized spacial score (nSPS) is 25.6. The molecule has 2 aliphatic rings. The predicted molar refractivity (Wildman–Crippen MR) is 76.4 cm³/mol. The van der Waals surface area contributed by atoms with E-state index >= 15 is 0 Å². The lowest BCUT2D eigenvalue weighted by Crippen LogP contribution is -2.55. The van der Waals surface area contributed by atoms with Crippen molar-refractivity contribution in [3.05, 3.63) is 0 Å². The highest BCUT2D eigenvalue weighted by Gasteiger charge is 2.41. The molecule has 0 spiro atoms. The summed E-state index contributed by atoms with van der Waals surface area (Å²) in [5.74, 6) is -0.637. The van der Waals surface area contributed by atoms with Crippen LogP contribution in [-0.2, 0) is 4.79 Å². The molecule has 0 radical (unpaired) electrons. The maximum Gasteiger partial charge on any atom is 0.305 e. The van der Waals surface area contributed by atoms with E-state index in [1.165, 1.54) is 32.1 Å². The van der Waals surface area contributed by atoms with Crippen LogP contribution in [0.15, 0.2) is 0 Å². The van der Waals surface area contributed by atoms with Gasteiger partial charge in [0, 0.05) is 11.6 Å². The van der Waals surface area contributed by atoms with Crippen LogP contribution in [0.25, 0.3) is 0 Å². The molecular weight excluding hydrogens is 240 g/mol. The van der Waals surface area contributed by atoms with Crippen molar-refractivity contribution in [3.8, 4) is 0 Å². The average Bonchev–Trinajstić information content (AvgIpc) is 2.39. The molecule has 2 rings (SSSR count). The Hall–Kier alpha value is -0.610. The highest BCUT2D eigenvalue weighted by Crippen LogP contribution is 2.38. The number of nitrogens with zero attached hydrogens (tertiary/aromatic N) is 2. The lowest BCUT2D eigenvalue weighted by atomic mass is 9.76. The van der Waals surface area contributed by atoms with Crippen LogP contribution >= 0.6 is 0 Å².